The van der Waals surface area contributed by atoms with Gasteiger partial charge < -0.3 is 9.72 Å². The van der Waals surface area contributed by atoms with Gasteiger partial charge in [-0.3, -0.25) is 0 Å². The molecule has 0 unspecified atom stereocenters. The number of ether oxygens (including phenoxy) is 1. The number of H-pyrrole nitrogens is 1. The van der Waals surface area contributed by atoms with E-state index in [0.717, 1.165) is 15.6 Å². The molecule has 0 bridgehead atoms. The van der Waals surface area contributed by atoms with Crippen molar-refractivity contribution in [1.82, 2.24) is 9.97 Å². The Hall–Kier alpha value is -3.43. The van der Waals surface area contributed by atoms with Gasteiger partial charge in [0.05, 0.1) is 16.6 Å². The molecular formula is C23H15BrFN3O. The lowest BCUT2D eigenvalue weighted by molar-refractivity contribution is 0.305. The molecule has 1 heterocycles. The summed E-state index contributed by atoms with van der Waals surface area (Å²) in [6.45, 7) is 0.407. The topological polar surface area (TPSA) is 61.7 Å². The van der Waals surface area contributed by atoms with Gasteiger partial charge in [0, 0.05) is 10.0 Å². The molecular weight excluding hydrogens is 433 g/mol. The van der Waals surface area contributed by atoms with Crippen molar-refractivity contribution in [2.75, 3.05) is 0 Å². The molecule has 0 aliphatic heterocycles. The van der Waals surface area contributed by atoms with E-state index in [0.29, 0.717) is 34.8 Å². The van der Waals surface area contributed by atoms with Gasteiger partial charge >= 0.3 is 0 Å². The number of para-hydroxylation sites is 1. The van der Waals surface area contributed by atoms with Crippen LogP contribution in [-0.2, 0) is 6.61 Å². The summed E-state index contributed by atoms with van der Waals surface area (Å²) in [6.07, 6.45) is 1.71. The van der Waals surface area contributed by atoms with Crippen LogP contribution in [0.15, 0.2) is 71.2 Å². The number of hydrogen-bond donors (Lipinski definition) is 1. The number of fused-ring (bicyclic) bond motifs is 1. The highest BCUT2D eigenvalue weighted by molar-refractivity contribution is 9.10. The van der Waals surface area contributed by atoms with E-state index in [1.165, 1.54) is 12.1 Å². The number of halogens is 2. The average molecular weight is 448 g/mol. The zero-order chi connectivity index (χ0) is 20.2. The fourth-order valence-electron chi connectivity index (χ4n) is 2.89. The maximum Gasteiger partial charge on any atom is 0.149 e. The number of aromatic nitrogens is 2. The second kappa shape index (κ2) is 8.29. The minimum atomic E-state index is -0.359. The van der Waals surface area contributed by atoms with Gasteiger partial charge in [-0.1, -0.05) is 46.3 Å². The van der Waals surface area contributed by atoms with Crippen molar-refractivity contribution in [3.05, 3.63) is 94.0 Å². The summed E-state index contributed by atoms with van der Waals surface area (Å²) in [4.78, 5) is 7.40. The summed E-state index contributed by atoms with van der Waals surface area (Å²) in [5.74, 6) is 0.683. The minimum absolute atomic E-state index is 0.335. The third kappa shape index (κ3) is 4.36. The molecule has 1 aromatic heterocycles. The van der Waals surface area contributed by atoms with E-state index in [9.17, 15) is 9.65 Å². The van der Waals surface area contributed by atoms with E-state index in [4.69, 9.17) is 4.74 Å². The van der Waals surface area contributed by atoms with Crippen LogP contribution in [0.4, 0.5) is 4.39 Å². The molecule has 4 aromatic rings. The van der Waals surface area contributed by atoms with Crippen LogP contribution < -0.4 is 4.74 Å². The predicted molar refractivity (Wildman–Crippen MR) is 114 cm³/mol. The van der Waals surface area contributed by atoms with Gasteiger partial charge in [-0.2, -0.15) is 5.26 Å². The first-order chi connectivity index (χ1) is 14.1. The highest BCUT2D eigenvalue weighted by Gasteiger charge is 2.10. The molecule has 0 aliphatic carbocycles. The van der Waals surface area contributed by atoms with Crippen LogP contribution in [-0.4, -0.2) is 9.97 Å². The molecule has 6 heteroatoms. The summed E-state index contributed by atoms with van der Waals surface area (Å²) in [5.41, 5.74) is 3.27. The van der Waals surface area contributed by atoms with Crippen LogP contribution in [0.3, 0.4) is 0 Å². The third-order valence-corrected chi connectivity index (χ3v) is 4.87. The van der Waals surface area contributed by atoms with Crippen molar-refractivity contribution < 1.29 is 9.13 Å². The molecule has 0 aliphatic rings. The maximum atomic E-state index is 13.4. The van der Waals surface area contributed by atoms with Crippen molar-refractivity contribution in [2.24, 2.45) is 0 Å². The summed E-state index contributed by atoms with van der Waals surface area (Å²) in [7, 11) is 0. The Morgan fingerprint density at radius 3 is 2.72 bits per heavy atom. The highest BCUT2D eigenvalue weighted by Crippen LogP contribution is 2.26. The van der Waals surface area contributed by atoms with Crippen LogP contribution in [0.2, 0.25) is 0 Å². The number of aromatic amines is 1. The van der Waals surface area contributed by atoms with E-state index in [-0.39, 0.29) is 5.82 Å². The second-order valence-electron chi connectivity index (χ2n) is 6.37. The van der Waals surface area contributed by atoms with E-state index >= 15 is 0 Å². The van der Waals surface area contributed by atoms with E-state index < -0.39 is 0 Å². The lowest BCUT2D eigenvalue weighted by Crippen LogP contribution is -1.97. The van der Waals surface area contributed by atoms with Gasteiger partial charge in [0.2, 0.25) is 0 Å². The Morgan fingerprint density at radius 2 is 1.93 bits per heavy atom. The maximum absolute atomic E-state index is 13.4. The Bertz CT molecular complexity index is 1240. The molecule has 0 spiro atoms. The van der Waals surface area contributed by atoms with E-state index in [1.807, 2.05) is 48.5 Å². The van der Waals surface area contributed by atoms with Crippen molar-refractivity contribution in [2.45, 2.75) is 6.61 Å². The molecule has 0 atom stereocenters. The second-order valence-corrected chi connectivity index (χ2v) is 7.29. The minimum Gasteiger partial charge on any atom is -0.488 e. The Morgan fingerprint density at radius 1 is 1.14 bits per heavy atom. The molecule has 0 fully saturated rings. The quantitative estimate of drug-likeness (QED) is 0.375. The summed E-state index contributed by atoms with van der Waals surface area (Å²) in [6, 6.07) is 21.8. The Labute approximate surface area is 175 Å². The Balaban J connectivity index is 1.63. The molecule has 4 nitrogen and oxygen atoms in total. The van der Waals surface area contributed by atoms with Crippen LogP contribution in [0.25, 0.3) is 22.7 Å². The number of nitriles is 1. The predicted octanol–water partition coefficient (Wildman–Crippen LogP) is 6.11. The zero-order valence-corrected chi connectivity index (χ0v) is 16.8. The standard InChI is InChI=1S/C23H15BrFN3O/c24-18-7-5-15(6-8-18)14-29-22-4-2-1-3-16(22)11-17(13-26)23-27-20-10-9-19(25)12-21(20)28-23/h1-12H,14H2,(H,27,28)/b17-11-. The SMILES string of the molecule is N#C/C(=C/c1ccccc1OCc1ccc(Br)cc1)c1nc2ccc(F)cc2[nH]1. The first-order valence-electron chi connectivity index (χ1n) is 8.86. The molecule has 29 heavy (non-hydrogen) atoms. The number of hydrogen-bond acceptors (Lipinski definition) is 3. The van der Waals surface area contributed by atoms with Crippen LogP contribution >= 0.6 is 15.9 Å². The largest absolute Gasteiger partial charge is 0.488 e. The smallest absolute Gasteiger partial charge is 0.149 e. The Kier molecular flexibility index (Phi) is 5.41. The molecule has 0 amide bonds. The fourth-order valence-corrected chi connectivity index (χ4v) is 3.16. The molecule has 4 rings (SSSR count). The number of nitrogens with one attached hydrogen (secondary N) is 1. The van der Waals surface area contributed by atoms with Crippen molar-refractivity contribution in [1.29, 1.82) is 5.26 Å². The fraction of sp³-hybridized carbons (Fsp3) is 0.0435. The summed E-state index contributed by atoms with van der Waals surface area (Å²) in [5, 5.41) is 9.65. The number of imidazole rings is 1. The van der Waals surface area contributed by atoms with Crippen LogP contribution in [0.1, 0.15) is 17.0 Å². The molecule has 0 radical (unpaired) electrons. The number of rotatable bonds is 5. The van der Waals surface area contributed by atoms with Gasteiger partial charge in [-0.25, -0.2) is 9.37 Å². The van der Waals surface area contributed by atoms with Crippen LogP contribution in [0.5, 0.6) is 5.75 Å². The lowest BCUT2D eigenvalue weighted by atomic mass is 10.1. The van der Waals surface area contributed by atoms with Gasteiger partial charge in [0.1, 0.15) is 30.1 Å². The van der Waals surface area contributed by atoms with Gasteiger partial charge in [-0.15, -0.1) is 0 Å². The molecule has 3 aromatic carbocycles. The average Bonchev–Trinajstić information content (AvgIpc) is 3.15. The van der Waals surface area contributed by atoms with Gasteiger partial charge in [0.15, 0.2) is 0 Å². The summed E-state index contributed by atoms with van der Waals surface area (Å²) >= 11 is 3.42. The van der Waals surface area contributed by atoms with Gasteiger partial charge in [-0.05, 0) is 48.0 Å². The number of benzene rings is 3. The molecule has 0 saturated heterocycles. The van der Waals surface area contributed by atoms with E-state index in [1.54, 1.807) is 12.1 Å². The zero-order valence-electron chi connectivity index (χ0n) is 15.2. The highest BCUT2D eigenvalue weighted by atomic mass is 79.9. The van der Waals surface area contributed by atoms with Crippen molar-refractivity contribution >= 4 is 38.6 Å². The first kappa shape index (κ1) is 18.9. The van der Waals surface area contributed by atoms with Crippen LogP contribution in [0, 0.1) is 17.1 Å². The monoisotopic (exact) mass is 447 g/mol. The van der Waals surface area contributed by atoms with Crippen molar-refractivity contribution in [3.63, 3.8) is 0 Å². The van der Waals surface area contributed by atoms with Crippen molar-refractivity contribution in [3.8, 4) is 11.8 Å². The molecule has 142 valence electrons. The number of nitrogens with zero attached hydrogens (tertiary/aromatic N) is 2. The molecule has 0 saturated carbocycles. The van der Waals surface area contributed by atoms with Gasteiger partial charge in [0.25, 0.3) is 0 Å². The lowest BCUT2D eigenvalue weighted by Gasteiger charge is -2.09. The molecule has 1 N–H and O–H groups in total. The normalized spacial score (nSPS) is 11.4. The number of allylic oxidation sites excluding steroid dienone is 1. The third-order valence-electron chi connectivity index (χ3n) is 4.35. The first-order valence-corrected chi connectivity index (χ1v) is 9.65. The van der Waals surface area contributed by atoms with E-state index in [2.05, 4.69) is 32.0 Å². The summed E-state index contributed by atoms with van der Waals surface area (Å²) < 4.78 is 20.4.